The molecule has 1 aliphatic heterocycles. The van der Waals surface area contributed by atoms with E-state index in [4.69, 9.17) is 16.3 Å². The number of benzene rings is 1. The van der Waals surface area contributed by atoms with Crippen LogP contribution in [0.1, 0.15) is 18.4 Å². The van der Waals surface area contributed by atoms with Crippen LogP contribution in [0.5, 0.6) is 0 Å². The van der Waals surface area contributed by atoms with Crippen LogP contribution in [0, 0.1) is 5.92 Å². The van der Waals surface area contributed by atoms with Crippen molar-refractivity contribution in [2.24, 2.45) is 5.92 Å². The van der Waals surface area contributed by atoms with Crippen LogP contribution in [0.2, 0.25) is 5.02 Å². The number of carbonyl (C=O) groups excluding carboxylic acids is 2. The first-order valence-electron chi connectivity index (χ1n) is 7.29. The van der Waals surface area contributed by atoms with E-state index in [9.17, 15) is 22.8 Å². The molecule has 0 radical (unpaired) electrons. The smallest absolute Gasteiger partial charge is 0.381 e. The molecule has 132 valence electrons. The fourth-order valence-corrected chi connectivity index (χ4v) is 2.50. The van der Waals surface area contributed by atoms with Crippen molar-refractivity contribution < 1.29 is 27.5 Å². The number of carbonyl (C=O) groups is 2. The van der Waals surface area contributed by atoms with E-state index < -0.39 is 29.9 Å². The van der Waals surface area contributed by atoms with Gasteiger partial charge in [-0.05, 0) is 31.0 Å². The summed E-state index contributed by atoms with van der Waals surface area (Å²) in [5, 5.41) is 4.48. The molecule has 1 aromatic rings. The Morgan fingerprint density at radius 1 is 1.25 bits per heavy atom. The Kier molecular flexibility index (Phi) is 6.06. The summed E-state index contributed by atoms with van der Waals surface area (Å²) in [5.41, 5.74) is -1.45. The zero-order chi connectivity index (χ0) is 17.7. The highest BCUT2D eigenvalue weighted by Gasteiger charge is 2.34. The molecule has 2 N–H and O–H groups in total. The zero-order valence-electron chi connectivity index (χ0n) is 12.6. The Morgan fingerprint density at radius 2 is 1.92 bits per heavy atom. The lowest BCUT2D eigenvalue weighted by molar-refractivity contribution is -0.137. The quantitative estimate of drug-likeness (QED) is 0.863. The number of rotatable bonds is 4. The van der Waals surface area contributed by atoms with Gasteiger partial charge in [-0.15, -0.1) is 0 Å². The number of amides is 2. The molecule has 1 saturated heterocycles. The maximum atomic E-state index is 12.9. The molecule has 1 fully saturated rings. The second-order valence-corrected chi connectivity index (χ2v) is 5.78. The van der Waals surface area contributed by atoms with E-state index >= 15 is 0 Å². The first kappa shape index (κ1) is 18.5. The fraction of sp³-hybridized carbons (Fsp3) is 0.467. The second kappa shape index (κ2) is 7.85. The highest BCUT2D eigenvalue weighted by atomic mass is 35.5. The van der Waals surface area contributed by atoms with Gasteiger partial charge in [0, 0.05) is 24.2 Å². The van der Waals surface area contributed by atoms with E-state index in [2.05, 4.69) is 10.6 Å². The summed E-state index contributed by atoms with van der Waals surface area (Å²) >= 11 is 5.57. The van der Waals surface area contributed by atoms with Crippen LogP contribution < -0.4 is 10.6 Å². The van der Waals surface area contributed by atoms with Gasteiger partial charge in [-0.3, -0.25) is 9.59 Å². The minimum absolute atomic E-state index is 0.0897. The molecule has 2 rings (SSSR count). The van der Waals surface area contributed by atoms with Crippen molar-refractivity contribution in [1.82, 2.24) is 5.32 Å². The number of alkyl halides is 3. The summed E-state index contributed by atoms with van der Waals surface area (Å²) in [6, 6.07) is 3.05. The molecule has 1 aliphatic rings. The number of nitrogens with one attached hydrogen (secondary N) is 2. The largest absolute Gasteiger partial charge is 0.418 e. The van der Waals surface area contributed by atoms with Gasteiger partial charge in [-0.1, -0.05) is 11.6 Å². The van der Waals surface area contributed by atoms with Crippen LogP contribution in [0.4, 0.5) is 18.9 Å². The molecular formula is C15H16ClF3N2O3. The molecule has 0 atom stereocenters. The monoisotopic (exact) mass is 364 g/mol. The summed E-state index contributed by atoms with van der Waals surface area (Å²) in [6.07, 6.45) is -3.54. The molecule has 5 nitrogen and oxygen atoms in total. The number of ether oxygens (including phenoxy) is 1. The lowest BCUT2D eigenvalue weighted by atomic mass is 9.99. The maximum absolute atomic E-state index is 12.9. The summed E-state index contributed by atoms with van der Waals surface area (Å²) in [4.78, 5) is 23.7. The predicted molar refractivity (Wildman–Crippen MR) is 81.6 cm³/mol. The third-order valence-corrected chi connectivity index (χ3v) is 3.81. The van der Waals surface area contributed by atoms with Gasteiger partial charge in [0.15, 0.2) is 0 Å². The Bertz CT molecular complexity index is 616. The number of anilines is 1. The zero-order valence-corrected chi connectivity index (χ0v) is 13.3. The van der Waals surface area contributed by atoms with Crippen molar-refractivity contribution >= 4 is 29.1 Å². The maximum Gasteiger partial charge on any atom is 0.418 e. The first-order valence-corrected chi connectivity index (χ1v) is 7.67. The van der Waals surface area contributed by atoms with Gasteiger partial charge in [0.25, 0.3) is 0 Å². The van der Waals surface area contributed by atoms with Crippen LogP contribution in [0.15, 0.2) is 18.2 Å². The SMILES string of the molecule is O=C(CNC(=O)C1CCOCC1)Nc1ccc(Cl)cc1C(F)(F)F. The van der Waals surface area contributed by atoms with Crippen molar-refractivity contribution in [3.8, 4) is 0 Å². The van der Waals surface area contributed by atoms with Gasteiger partial charge in [0.05, 0.1) is 17.8 Å². The van der Waals surface area contributed by atoms with E-state index in [1.54, 1.807) is 0 Å². The normalized spacial score (nSPS) is 15.8. The van der Waals surface area contributed by atoms with E-state index in [1.165, 1.54) is 6.07 Å². The van der Waals surface area contributed by atoms with Crippen molar-refractivity contribution in [2.75, 3.05) is 25.1 Å². The molecule has 0 aromatic heterocycles. The summed E-state index contributed by atoms with van der Waals surface area (Å²) in [6.45, 7) is 0.546. The van der Waals surface area contributed by atoms with Gasteiger partial charge < -0.3 is 15.4 Å². The molecule has 1 aromatic carbocycles. The van der Waals surface area contributed by atoms with Crippen LogP contribution in [0.25, 0.3) is 0 Å². The minimum atomic E-state index is -4.65. The molecule has 0 aliphatic carbocycles. The van der Waals surface area contributed by atoms with Crippen molar-refractivity contribution in [3.05, 3.63) is 28.8 Å². The third kappa shape index (κ3) is 5.10. The molecule has 0 bridgehead atoms. The van der Waals surface area contributed by atoms with Gasteiger partial charge in [-0.25, -0.2) is 0 Å². The first-order chi connectivity index (χ1) is 11.3. The molecule has 0 spiro atoms. The van der Waals surface area contributed by atoms with Crippen LogP contribution in [0.3, 0.4) is 0 Å². The van der Waals surface area contributed by atoms with Crippen LogP contribution in [-0.2, 0) is 20.5 Å². The van der Waals surface area contributed by atoms with Gasteiger partial charge in [0.1, 0.15) is 0 Å². The fourth-order valence-electron chi connectivity index (χ4n) is 2.33. The minimum Gasteiger partial charge on any atom is -0.381 e. The molecule has 24 heavy (non-hydrogen) atoms. The Morgan fingerprint density at radius 3 is 2.54 bits per heavy atom. The van der Waals surface area contributed by atoms with Crippen molar-refractivity contribution in [1.29, 1.82) is 0 Å². The summed E-state index contributed by atoms with van der Waals surface area (Å²) in [5.74, 6) is -1.29. The molecule has 0 unspecified atom stereocenters. The average molecular weight is 365 g/mol. The molecule has 0 saturated carbocycles. The number of hydrogen-bond donors (Lipinski definition) is 2. The molecule has 2 amide bonds. The van der Waals surface area contributed by atoms with E-state index in [-0.39, 0.29) is 16.8 Å². The number of halogens is 4. The highest BCUT2D eigenvalue weighted by molar-refractivity contribution is 6.30. The van der Waals surface area contributed by atoms with E-state index in [1.807, 2.05) is 0 Å². The Labute approximate surface area is 141 Å². The second-order valence-electron chi connectivity index (χ2n) is 5.34. The standard InChI is InChI=1S/C15H16ClF3N2O3/c16-10-1-2-12(11(7-10)15(17,18)19)21-13(22)8-20-14(23)9-3-5-24-6-4-9/h1-2,7,9H,3-6,8H2,(H,20,23)(H,21,22). The molecule has 1 heterocycles. The molecule has 9 heteroatoms. The van der Waals surface area contributed by atoms with Gasteiger partial charge in [-0.2, -0.15) is 13.2 Å². The van der Waals surface area contributed by atoms with E-state index in [0.29, 0.717) is 26.1 Å². The predicted octanol–water partition coefficient (Wildman–Crippen LogP) is 2.84. The average Bonchev–Trinajstić information content (AvgIpc) is 2.54. The molecular weight excluding hydrogens is 349 g/mol. The van der Waals surface area contributed by atoms with E-state index in [0.717, 1.165) is 12.1 Å². The summed E-state index contributed by atoms with van der Waals surface area (Å²) < 4.78 is 44.0. The summed E-state index contributed by atoms with van der Waals surface area (Å²) in [7, 11) is 0. The Hall–Kier alpha value is -1.80. The van der Waals surface area contributed by atoms with Gasteiger partial charge >= 0.3 is 6.18 Å². The van der Waals surface area contributed by atoms with Crippen molar-refractivity contribution in [3.63, 3.8) is 0 Å². The number of hydrogen-bond acceptors (Lipinski definition) is 3. The lowest BCUT2D eigenvalue weighted by Crippen LogP contribution is -2.38. The Balaban J connectivity index is 1.94. The lowest BCUT2D eigenvalue weighted by Gasteiger charge is -2.21. The van der Waals surface area contributed by atoms with Crippen molar-refractivity contribution in [2.45, 2.75) is 19.0 Å². The topological polar surface area (TPSA) is 67.4 Å². The van der Waals surface area contributed by atoms with Crippen LogP contribution in [-0.4, -0.2) is 31.6 Å². The van der Waals surface area contributed by atoms with Gasteiger partial charge in [0.2, 0.25) is 11.8 Å². The highest BCUT2D eigenvalue weighted by Crippen LogP contribution is 2.36. The van der Waals surface area contributed by atoms with Crippen LogP contribution >= 0.6 is 11.6 Å². The third-order valence-electron chi connectivity index (χ3n) is 3.58.